The average molecular weight is 341 g/mol. The van der Waals surface area contributed by atoms with E-state index in [-0.39, 0.29) is 5.60 Å². The van der Waals surface area contributed by atoms with E-state index < -0.39 is 10.0 Å². The van der Waals surface area contributed by atoms with E-state index in [1.165, 1.54) is 6.26 Å². The third-order valence-corrected chi connectivity index (χ3v) is 6.35. The Morgan fingerprint density at radius 2 is 1.96 bits per heavy atom. The second-order valence-electron chi connectivity index (χ2n) is 7.38. The van der Waals surface area contributed by atoms with Crippen LogP contribution in [0.15, 0.2) is 12.4 Å². The van der Waals surface area contributed by atoms with E-state index in [1.54, 1.807) is 4.31 Å². The van der Waals surface area contributed by atoms with Crippen LogP contribution in [-0.2, 0) is 14.8 Å². The molecule has 0 spiro atoms. The molecular weight excluding hydrogens is 314 g/mol. The summed E-state index contributed by atoms with van der Waals surface area (Å²) in [5.74, 6) is 1.56. The third-order valence-electron chi connectivity index (χ3n) is 5.05. The first kappa shape index (κ1) is 16.9. The van der Waals surface area contributed by atoms with Gasteiger partial charge in [0.25, 0.3) is 0 Å². The van der Waals surface area contributed by atoms with Gasteiger partial charge in [0.15, 0.2) is 0 Å². The molecule has 0 amide bonds. The lowest BCUT2D eigenvalue weighted by Gasteiger charge is -2.37. The zero-order valence-electron chi connectivity index (χ0n) is 14.2. The quantitative estimate of drug-likeness (QED) is 0.845. The van der Waals surface area contributed by atoms with Gasteiger partial charge in [0.2, 0.25) is 10.0 Å². The number of piperidine rings is 1. The first-order chi connectivity index (χ1) is 10.8. The highest BCUT2D eigenvalue weighted by Crippen LogP contribution is 2.37. The minimum absolute atomic E-state index is 0.0979. The summed E-state index contributed by atoms with van der Waals surface area (Å²) in [6.45, 7) is 6.24. The van der Waals surface area contributed by atoms with Gasteiger partial charge in [0.1, 0.15) is 5.82 Å². The number of imidazole rings is 1. The lowest BCUT2D eigenvalue weighted by molar-refractivity contribution is -0.0608. The number of hydrogen-bond acceptors (Lipinski definition) is 4. The maximum atomic E-state index is 11.7. The molecule has 6 nitrogen and oxygen atoms in total. The molecule has 0 bridgehead atoms. The summed E-state index contributed by atoms with van der Waals surface area (Å²) in [5, 5.41) is 0. The Balaban J connectivity index is 1.72. The molecule has 0 radical (unpaired) electrons. The van der Waals surface area contributed by atoms with Gasteiger partial charge in [-0.25, -0.2) is 17.7 Å². The Hall–Kier alpha value is -0.920. The van der Waals surface area contributed by atoms with Crippen LogP contribution in [0.3, 0.4) is 0 Å². The molecule has 0 aliphatic carbocycles. The Kier molecular flexibility index (Phi) is 4.55. The Morgan fingerprint density at radius 3 is 2.57 bits per heavy atom. The highest BCUT2D eigenvalue weighted by molar-refractivity contribution is 7.88. The molecule has 2 aliphatic rings. The second-order valence-corrected chi connectivity index (χ2v) is 9.37. The Labute approximate surface area is 138 Å². The largest absolute Gasteiger partial charge is 0.376 e. The van der Waals surface area contributed by atoms with Crippen molar-refractivity contribution in [3.63, 3.8) is 0 Å². The van der Waals surface area contributed by atoms with Crippen LogP contribution in [-0.4, -0.2) is 53.8 Å². The molecule has 0 aromatic carbocycles. The summed E-state index contributed by atoms with van der Waals surface area (Å²) >= 11 is 0. The molecule has 3 rings (SSSR count). The second kappa shape index (κ2) is 6.18. The number of hydrogen-bond donors (Lipinski definition) is 0. The average Bonchev–Trinajstić information content (AvgIpc) is 2.95. The zero-order chi connectivity index (χ0) is 16.7. The molecule has 130 valence electrons. The van der Waals surface area contributed by atoms with Gasteiger partial charge in [0.05, 0.1) is 11.9 Å². The lowest BCUT2D eigenvalue weighted by Crippen LogP contribution is -2.39. The van der Waals surface area contributed by atoms with Gasteiger partial charge in [-0.3, -0.25) is 0 Å². The number of nitrogens with zero attached hydrogens (tertiary/aromatic N) is 3. The van der Waals surface area contributed by atoms with Gasteiger partial charge in [-0.1, -0.05) is 0 Å². The first-order valence-electron chi connectivity index (χ1n) is 8.38. The zero-order valence-corrected chi connectivity index (χ0v) is 15.1. The van der Waals surface area contributed by atoms with Crippen LogP contribution < -0.4 is 0 Å². The van der Waals surface area contributed by atoms with Gasteiger partial charge in [-0.15, -0.1) is 0 Å². The van der Waals surface area contributed by atoms with Crippen molar-refractivity contribution in [3.05, 3.63) is 18.2 Å². The fourth-order valence-electron chi connectivity index (χ4n) is 3.85. The molecule has 3 heterocycles. The van der Waals surface area contributed by atoms with E-state index in [0.717, 1.165) is 38.1 Å². The number of ether oxygens (including phenoxy) is 1. The van der Waals surface area contributed by atoms with Crippen LogP contribution in [0.25, 0.3) is 0 Å². The smallest absolute Gasteiger partial charge is 0.211 e. The van der Waals surface area contributed by atoms with Crippen molar-refractivity contribution < 1.29 is 13.2 Å². The molecule has 1 unspecified atom stereocenters. The lowest BCUT2D eigenvalue weighted by atomic mass is 9.87. The van der Waals surface area contributed by atoms with E-state index in [4.69, 9.17) is 4.74 Å². The molecule has 1 atom stereocenters. The summed E-state index contributed by atoms with van der Waals surface area (Å²) < 4.78 is 33.0. The maximum Gasteiger partial charge on any atom is 0.211 e. The minimum atomic E-state index is -3.07. The van der Waals surface area contributed by atoms with Crippen molar-refractivity contribution in [1.29, 1.82) is 0 Å². The minimum Gasteiger partial charge on any atom is -0.376 e. The molecule has 0 saturated carbocycles. The van der Waals surface area contributed by atoms with Crippen LogP contribution in [0.1, 0.15) is 57.3 Å². The van der Waals surface area contributed by atoms with Crippen molar-refractivity contribution >= 4 is 10.0 Å². The van der Waals surface area contributed by atoms with Gasteiger partial charge in [-0.2, -0.15) is 0 Å². The SMILES string of the molecule is CC1(C)CC(c2nccn2C2CCN(S(C)(=O)=O)CC2)CCO1. The number of rotatable bonds is 3. The fraction of sp³-hybridized carbons (Fsp3) is 0.812. The monoisotopic (exact) mass is 341 g/mol. The Bertz CT molecular complexity index is 645. The maximum absolute atomic E-state index is 11.7. The van der Waals surface area contributed by atoms with Crippen LogP contribution in [0.5, 0.6) is 0 Å². The normalized spacial score (nSPS) is 27.2. The molecular formula is C16H27N3O3S. The van der Waals surface area contributed by atoms with Gasteiger partial charge >= 0.3 is 0 Å². The summed E-state index contributed by atoms with van der Waals surface area (Å²) in [7, 11) is -3.07. The number of sulfonamides is 1. The van der Waals surface area contributed by atoms with Crippen LogP contribution in [0.4, 0.5) is 0 Å². The standard InChI is InChI=1S/C16H27N3O3S/c1-16(2)12-13(6-11-22-16)15-17-7-10-19(15)14-4-8-18(9-5-14)23(3,20)21/h7,10,13-14H,4-6,8-9,11-12H2,1-3H3. The van der Waals surface area contributed by atoms with E-state index >= 15 is 0 Å². The molecule has 1 aromatic rings. The van der Waals surface area contributed by atoms with Gasteiger partial charge < -0.3 is 9.30 Å². The van der Waals surface area contributed by atoms with E-state index in [9.17, 15) is 8.42 Å². The van der Waals surface area contributed by atoms with E-state index in [2.05, 4.69) is 29.6 Å². The highest BCUT2D eigenvalue weighted by Gasteiger charge is 2.34. The van der Waals surface area contributed by atoms with Crippen molar-refractivity contribution in [1.82, 2.24) is 13.9 Å². The molecule has 2 saturated heterocycles. The van der Waals surface area contributed by atoms with Crippen LogP contribution in [0.2, 0.25) is 0 Å². The van der Waals surface area contributed by atoms with Gasteiger partial charge in [0, 0.05) is 44.0 Å². The van der Waals surface area contributed by atoms with Crippen molar-refractivity contribution in [2.75, 3.05) is 26.0 Å². The van der Waals surface area contributed by atoms with Crippen molar-refractivity contribution in [2.24, 2.45) is 0 Å². The summed E-state index contributed by atoms with van der Waals surface area (Å²) in [6, 6.07) is 0.344. The molecule has 2 fully saturated rings. The Morgan fingerprint density at radius 1 is 1.26 bits per heavy atom. The van der Waals surface area contributed by atoms with Crippen LogP contribution >= 0.6 is 0 Å². The molecule has 0 N–H and O–H groups in total. The summed E-state index contributed by atoms with van der Waals surface area (Å²) in [4.78, 5) is 4.62. The first-order valence-corrected chi connectivity index (χ1v) is 10.2. The molecule has 23 heavy (non-hydrogen) atoms. The fourth-order valence-corrected chi connectivity index (χ4v) is 4.73. The van der Waals surface area contributed by atoms with Gasteiger partial charge in [-0.05, 0) is 39.5 Å². The molecule has 7 heteroatoms. The predicted molar refractivity (Wildman–Crippen MR) is 88.9 cm³/mol. The highest BCUT2D eigenvalue weighted by atomic mass is 32.2. The van der Waals surface area contributed by atoms with Crippen molar-refractivity contribution in [3.8, 4) is 0 Å². The van der Waals surface area contributed by atoms with Crippen LogP contribution in [0, 0.1) is 0 Å². The predicted octanol–water partition coefficient (Wildman–Crippen LogP) is 2.15. The van der Waals surface area contributed by atoms with Crippen molar-refractivity contribution in [2.45, 2.75) is 57.1 Å². The number of aromatic nitrogens is 2. The molecule has 2 aliphatic heterocycles. The summed E-state index contributed by atoms with van der Waals surface area (Å²) in [6.07, 6.45) is 8.90. The molecule has 1 aromatic heterocycles. The topological polar surface area (TPSA) is 64.4 Å². The van der Waals surface area contributed by atoms with E-state index in [0.29, 0.717) is 25.0 Å². The summed E-state index contributed by atoms with van der Waals surface area (Å²) in [5.41, 5.74) is -0.0979. The van der Waals surface area contributed by atoms with E-state index in [1.807, 2.05) is 6.20 Å². The third kappa shape index (κ3) is 3.78.